The first kappa shape index (κ1) is 19.0. The molecule has 1 N–H and O–H groups in total. The Hall–Kier alpha value is -3.35. The Morgan fingerprint density at radius 1 is 0.962 bits per heavy atom. The summed E-state index contributed by atoms with van der Waals surface area (Å²) in [5, 5.41) is 2.56. The second kappa shape index (κ2) is 8.66. The number of ether oxygens (including phenoxy) is 3. The molecule has 2 rings (SSSR count). The first-order chi connectivity index (χ1) is 12.5. The number of methoxy groups -OCH3 is 2. The molecule has 0 aliphatic carbocycles. The summed E-state index contributed by atoms with van der Waals surface area (Å²) in [5.74, 6) is -0.555. The van der Waals surface area contributed by atoms with E-state index >= 15 is 0 Å². The van der Waals surface area contributed by atoms with Gasteiger partial charge in [0.25, 0.3) is 5.91 Å². The summed E-state index contributed by atoms with van der Waals surface area (Å²) < 4.78 is 15.2. The maximum atomic E-state index is 12.1. The van der Waals surface area contributed by atoms with Crippen LogP contribution in [-0.4, -0.2) is 38.5 Å². The van der Waals surface area contributed by atoms with Crippen LogP contribution < -0.4 is 14.8 Å². The highest BCUT2D eigenvalue weighted by Crippen LogP contribution is 2.27. The number of nitrogens with one attached hydrogen (secondary N) is 1. The van der Waals surface area contributed by atoms with Crippen molar-refractivity contribution >= 4 is 23.3 Å². The van der Waals surface area contributed by atoms with Gasteiger partial charge < -0.3 is 19.5 Å². The van der Waals surface area contributed by atoms with Gasteiger partial charge in [0, 0.05) is 5.56 Å². The highest BCUT2D eigenvalue weighted by atomic mass is 16.5. The minimum Gasteiger partial charge on any atom is -0.493 e. The van der Waals surface area contributed by atoms with Gasteiger partial charge in [0.05, 0.1) is 25.5 Å². The van der Waals surface area contributed by atoms with Crippen molar-refractivity contribution in [2.24, 2.45) is 0 Å². The van der Waals surface area contributed by atoms with Crippen molar-refractivity contribution in [1.29, 1.82) is 0 Å². The lowest BCUT2D eigenvalue weighted by molar-refractivity contribution is -0.119. The van der Waals surface area contributed by atoms with Gasteiger partial charge in [0.15, 0.2) is 23.9 Å². The topological polar surface area (TPSA) is 90.9 Å². The number of hydrogen-bond acceptors (Lipinski definition) is 6. The third-order valence-electron chi connectivity index (χ3n) is 3.53. The van der Waals surface area contributed by atoms with Crippen LogP contribution >= 0.6 is 0 Å². The molecule has 7 nitrogen and oxygen atoms in total. The highest BCUT2D eigenvalue weighted by molar-refractivity contribution is 6.04. The van der Waals surface area contributed by atoms with Gasteiger partial charge in [0.1, 0.15) is 0 Å². The molecule has 0 unspecified atom stereocenters. The van der Waals surface area contributed by atoms with E-state index in [-0.39, 0.29) is 11.3 Å². The standard InChI is InChI=1S/C19H19NO6/c1-12(21)14-6-4-5-7-15(14)20-18(22)11-26-19(23)13-8-9-16(24-2)17(10-13)25-3/h4-10H,11H2,1-3H3,(H,20,22). The largest absolute Gasteiger partial charge is 0.493 e. The molecule has 0 saturated carbocycles. The van der Waals surface area contributed by atoms with E-state index in [2.05, 4.69) is 5.32 Å². The van der Waals surface area contributed by atoms with Crippen molar-refractivity contribution in [3.05, 3.63) is 53.6 Å². The predicted molar refractivity (Wildman–Crippen MR) is 94.9 cm³/mol. The molecule has 7 heteroatoms. The van der Waals surface area contributed by atoms with E-state index < -0.39 is 18.5 Å². The van der Waals surface area contributed by atoms with Crippen molar-refractivity contribution in [3.63, 3.8) is 0 Å². The predicted octanol–water partition coefficient (Wildman–Crippen LogP) is 2.70. The lowest BCUT2D eigenvalue weighted by Gasteiger charge is -2.11. The summed E-state index contributed by atoms with van der Waals surface area (Å²) in [7, 11) is 2.94. The number of para-hydroxylation sites is 1. The van der Waals surface area contributed by atoms with Crippen LogP contribution in [0, 0.1) is 0 Å². The van der Waals surface area contributed by atoms with Gasteiger partial charge in [-0.2, -0.15) is 0 Å². The average molecular weight is 357 g/mol. The Labute approximate surface area is 150 Å². The van der Waals surface area contributed by atoms with Crippen LogP contribution in [0.2, 0.25) is 0 Å². The van der Waals surface area contributed by atoms with Crippen LogP contribution in [-0.2, 0) is 9.53 Å². The monoisotopic (exact) mass is 357 g/mol. The summed E-state index contributed by atoms with van der Waals surface area (Å²) >= 11 is 0. The van der Waals surface area contributed by atoms with Crippen LogP contribution in [0.5, 0.6) is 11.5 Å². The van der Waals surface area contributed by atoms with Gasteiger partial charge in [0.2, 0.25) is 0 Å². The Kier molecular flexibility index (Phi) is 6.32. The molecular formula is C19H19NO6. The van der Waals surface area contributed by atoms with Gasteiger partial charge in [-0.3, -0.25) is 9.59 Å². The fourth-order valence-corrected chi connectivity index (χ4v) is 2.26. The number of amides is 1. The molecule has 1 amide bonds. The maximum absolute atomic E-state index is 12.1. The number of benzene rings is 2. The van der Waals surface area contributed by atoms with E-state index in [1.807, 2.05) is 0 Å². The summed E-state index contributed by atoms with van der Waals surface area (Å²) in [6, 6.07) is 11.1. The quantitative estimate of drug-likeness (QED) is 0.605. The number of anilines is 1. The lowest BCUT2D eigenvalue weighted by Crippen LogP contribution is -2.22. The molecule has 0 bridgehead atoms. The van der Waals surface area contributed by atoms with Gasteiger partial charge in [-0.1, -0.05) is 12.1 Å². The van der Waals surface area contributed by atoms with Crippen molar-refractivity contribution < 1.29 is 28.6 Å². The number of carbonyl (C=O) groups is 3. The van der Waals surface area contributed by atoms with E-state index in [4.69, 9.17) is 14.2 Å². The van der Waals surface area contributed by atoms with Crippen molar-refractivity contribution in [2.75, 3.05) is 26.1 Å². The SMILES string of the molecule is COc1ccc(C(=O)OCC(=O)Nc2ccccc2C(C)=O)cc1OC. The van der Waals surface area contributed by atoms with Crippen LogP contribution in [0.4, 0.5) is 5.69 Å². The molecule has 0 radical (unpaired) electrons. The summed E-state index contributed by atoms with van der Waals surface area (Å²) in [5.41, 5.74) is 0.971. The van der Waals surface area contributed by atoms with Gasteiger partial charge in [-0.25, -0.2) is 4.79 Å². The number of ketones is 1. The Morgan fingerprint density at radius 3 is 2.31 bits per heavy atom. The van der Waals surface area contributed by atoms with Gasteiger partial charge in [-0.05, 0) is 37.3 Å². The number of rotatable bonds is 7. The zero-order chi connectivity index (χ0) is 19.1. The third-order valence-corrected chi connectivity index (χ3v) is 3.53. The minimum atomic E-state index is -0.680. The lowest BCUT2D eigenvalue weighted by atomic mass is 10.1. The molecular weight excluding hydrogens is 338 g/mol. The summed E-state index contributed by atoms with van der Waals surface area (Å²) in [6.45, 7) is 0.918. The normalized spacial score (nSPS) is 9.96. The zero-order valence-electron chi connectivity index (χ0n) is 14.7. The second-order valence-electron chi connectivity index (χ2n) is 5.30. The van der Waals surface area contributed by atoms with Crippen LogP contribution in [0.3, 0.4) is 0 Å². The first-order valence-electron chi connectivity index (χ1n) is 7.75. The van der Waals surface area contributed by atoms with Crippen molar-refractivity contribution in [3.8, 4) is 11.5 Å². The smallest absolute Gasteiger partial charge is 0.338 e. The van der Waals surface area contributed by atoms with Crippen LogP contribution in [0.25, 0.3) is 0 Å². The van der Waals surface area contributed by atoms with E-state index in [1.54, 1.807) is 30.3 Å². The minimum absolute atomic E-state index is 0.178. The third kappa shape index (κ3) is 4.60. The molecule has 0 saturated heterocycles. The first-order valence-corrected chi connectivity index (χ1v) is 7.75. The molecule has 26 heavy (non-hydrogen) atoms. The van der Waals surface area contributed by atoms with E-state index in [0.717, 1.165) is 0 Å². The molecule has 0 fully saturated rings. The molecule has 0 aliphatic rings. The molecule has 136 valence electrons. The molecule has 0 atom stereocenters. The second-order valence-corrected chi connectivity index (χ2v) is 5.30. The average Bonchev–Trinajstić information content (AvgIpc) is 2.65. The highest BCUT2D eigenvalue weighted by Gasteiger charge is 2.15. The number of Topliss-reactive ketones (excluding diaryl/α,β-unsaturated/α-hetero) is 1. The molecule has 2 aromatic carbocycles. The fraction of sp³-hybridized carbons (Fsp3) is 0.211. The van der Waals surface area contributed by atoms with Crippen LogP contribution in [0.15, 0.2) is 42.5 Å². The van der Waals surface area contributed by atoms with E-state index in [0.29, 0.717) is 22.7 Å². The molecule has 0 aromatic heterocycles. The van der Waals surface area contributed by atoms with E-state index in [9.17, 15) is 14.4 Å². The summed E-state index contributed by atoms with van der Waals surface area (Å²) in [4.78, 5) is 35.6. The van der Waals surface area contributed by atoms with Crippen molar-refractivity contribution in [2.45, 2.75) is 6.92 Å². The zero-order valence-corrected chi connectivity index (χ0v) is 14.7. The number of hydrogen-bond donors (Lipinski definition) is 1. The van der Waals surface area contributed by atoms with Crippen molar-refractivity contribution in [1.82, 2.24) is 0 Å². The maximum Gasteiger partial charge on any atom is 0.338 e. The van der Waals surface area contributed by atoms with Crippen LogP contribution in [0.1, 0.15) is 27.6 Å². The van der Waals surface area contributed by atoms with Gasteiger partial charge >= 0.3 is 5.97 Å². The number of esters is 1. The van der Waals surface area contributed by atoms with Gasteiger partial charge in [-0.15, -0.1) is 0 Å². The molecule has 0 heterocycles. The Balaban J connectivity index is 1.99. The fourth-order valence-electron chi connectivity index (χ4n) is 2.26. The molecule has 0 aliphatic heterocycles. The molecule has 0 spiro atoms. The number of carbonyl (C=O) groups excluding carboxylic acids is 3. The van der Waals surface area contributed by atoms with E-state index in [1.165, 1.54) is 33.3 Å². The molecule has 2 aromatic rings. The Morgan fingerprint density at radius 2 is 1.65 bits per heavy atom. The summed E-state index contributed by atoms with van der Waals surface area (Å²) in [6.07, 6.45) is 0. The Bertz CT molecular complexity index is 831.